The zero-order chi connectivity index (χ0) is 14.5. The van der Waals surface area contributed by atoms with Crippen LogP contribution in [0, 0.1) is 6.92 Å². The molecule has 0 spiro atoms. The van der Waals surface area contributed by atoms with E-state index in [2.05, 4.69) is 28.9 Å². The molecule has 0 amide bonds. The molecule has 6 heteroatoms. The molecule has 0 aromatic carbocycles. The van der Waals surface area contributed by atoms with Crippen LogP contribution in [0.25, 0.3) is 5.78 Å². The Labute approximate surface area is 124 Å². The molecule has 0 aliphatic heterocycles. The maximum atomic E-state index is 6.11. The maximum absolute atomic E-state index is 6.11. The second-order valence-corrected chi connectivity index (χ2v) is 5.44. The monoisotopic (exact) mass is 296 g/mol. The van der Waals surface area contributed by atoms with Crippen LogP contribution in [-0.2, 0) is 0 Å². The van der Waals surface area contributed by atoms with Gasteiger partial charge in [-0.1, -0.05) is 37.8 Å². The molecule has 2 aromatic rings. The van der Waals surface area contributed by atoms with Gasteiger partial charge < -0.3 is 4.74 Å². The summed E-state index contributed by atoms with van der Waals surface area (Å²) in [7, 11) is 0. The van der Waals surface area contributed by atoms with Crippen molar-refractivity contribution in [3.63, 3.8) is 0 Å². The van der Waals surface area contributed by atoms with Gasteiger partial charge in [0.2, 0.25) is 5.88 Å². The summed E-state index contributed by atoms with van der Waals surface area (Å²) in [5, 5.41) is 4.56. The Bertz CT molecular complexity index is 570. The molecule has 0 bridgehead atoms. The third kappa shape index (κ3) is 3.39. The Morgan fingerprint density at radius 3 is 2.90 bits per heavy atom. The van der Waals surface area contributed by atoms with E-state index in [4.69, 9.17) is 16.3 Å². The molecule has 0 aliphatic carbocycles. The number of hydrogen-bond acceptors (Lipinski definition) is 4. The van der Waals surface area contributed by atoms with Crippen molar-refractivity contribution in [2.75, 3.05) is 0 Å². The summed E-state index contributed by atoms with van der Waals surface area (Å²) in [4.78, 5) is 8.22. The van der Waals surface area contributed by atoms with Gasteiger partial charge in [-0.25, -0.2) is 0 Å². The molecule has 1 unspecified atom stereocenters. The first-order chi connectivity index (χ1) is 9.63. The normalized spacial score (nSPS) is 12.8. The van der Waals surface area contributed by atoms with E-state index in [1.54, 1.807) is 4.52 Å². The average molecular weight is 297 g/mol. The van der Waals surface area contributed by atoms with Crippen LogP contribution in [0.1, 0.15) is 51.5 Å². The SMILES string of the molecule is CCCCCCC(C)Oc1c(C)c(Cl)nc2ncnn12. The van der Waals surface area contributed by atoms with Crippen LogP contribution in [0.15, 0.2) is 6.33 Å². The second-order valence-electron chi connectivity index (χ2n) is 5.08. The molecule has 0 fully saturated rings. The molecule has 2 rings (SSSR count). The molecule has 2 aromatic heterocycles. The lowest BCUT2D eigenvalue weighted by Crippen LogP contribution is -2.15. The number of hydrogen-bond donors (Lipinski definition) is 0. The zero-order valence-corrected chi connectivity index (χ0v) is 13.0. The molecular formula is C14H21ClN4O. The van der Waals surface area contributed by atoms with Crippen molar-refractivity contribution in [3.8, 4) is 5.88 Å². The average Bonchev–Trinajstić information content (AvgIpc) is 2.88. The first-order valence-corrected chi connectivity index (χ1v) is 7.53. The smallest absolute Gasteiger partial charge is 0.256 e. The van der Waals surface area contributed by atoms with Crippen LogP contribution in [-0.4, -0.2) is 25.7 Å². The Morgan fingerprint density at radius 2 is 2.15 bits per heavy atom. The molecule has 5 nitrogen and oxygen atoms in total. The van der Waals surface area contributed by atoms with Gasteiger partial charge in [-0.05, 0) is 26.7 Å². The molecule has 0 saturated carbocycles. The van der Waals surface area contributed by atoms with Crippen LogP contribution in [0.5, 0.6) is 5.88 Å². The summed E-state index contributed by atoms with van der Waals surface area (Å²) in [5.74, 6) is 1.11. The minimum absolute atomic E-state index is 0.122. The largest absolute Gasteiger partial charge is 0.474 e. The van der Waals surface area contributed by atoms with E-state index in [1.807, 2.05) is 6.92 Å². The summed E-state index contributed by atoms with van der Waals surface area (Å²) in [6.07, 6.45) is 7.55. The van der Waals surface area contributed by atoms with E-state index in [9.17, 15) is 0 Å². The minimum Gasteiger partial charge on any atom is -0.474 e. The predicted octanol–water partition coefficient (Wildman–Crippen LogP) is 3.82. The Hall–Kier alpha value is -1.36. The molecule has 1 atom stereocenters. The molecule has 0 saturated heterocycles. The van der Waals surface area contributed by atoms with Crippen LogP contribution >= 0.6 is 11.6 Å². The summed E-state index contributed by atoms with van der Waals surface area (Å²) >= 11 is 6.11. The summed E-state index contributed by atoms with van der Waals surface area (Å²) < 4.78 is 7.61. The highest BCUT2D eigenvalue weighted by Gasteiger charge is 2.15. The number of nitrogens with zero attached hydrogens (tertiary/aromatic N) is 4. The minimum atomic E-state index is 0.122. The van der Waals surface area contributed by atoms with E-state index in [1.165, 1.54) is 32.0 Å². The van der Waals surface area contributed by atoms with E-state index in [0.29, 0.717) is 16.8 Å². The van der Waals surface area contributed by atoms with Crippen molar-refractivity contribution in [3.05, 3.63) is 17.0 Å². The lowest BCUT2D eigenvalue weighted by atomic mass is 10.1. The number of rotatable bonds is 7. The van der Waals surface area contributed by atoms with E-state index < -0.39 is 0 Å². The fourth-order valence-corrected chi connectivity index (χ4v) is 2.28. The van der Waals surface area contributed by atoms with Crippen molar-refractivity contribution in [1.29, 1.82) is 0 Å². The van der Waals surface area contributed by atoms with Gasteiger partial charge in [-0.15, -0.1) is 0 Å². The van der Waals surface area contributed by atoms with Crippen molar-refractivity contribution < 1.29 is 4.74 Å². The van der Waals surface area contributed by atoms with E-state index in [0.717, 1.165) is 12.0 Å². The van der Waals surface area contributed by atoms with Gasteiger partial charge in [-0.2, -0.15) is 19.6 Å². The molecule has 110 valence electrons. The summed E-state index contributed by atoms with van der Waals surface area (Å²) in [6, 6.07) is 0. The second kappa shape index (κ2) is 6.88. The number of aromatic nitrogens is 4. The summed E-state index contributed by atoms with van der Waals surface area (Å²) in [5.41, 5.74) is 0.796. The third-order valence-electron chi connectivity index (χ3n) is 3.33. The van der Waals surface area contributed by atoms with E-state index in [-0.39, 0.29) is 6.10 Å². The van der Waals surface area contributed by atoms with Crippen LogP contribution in [0.3, 0.4) is 0 Å². The molecular weight excluding hydrogens is 276 g/mol. The van der Waals surface area contributed by atoms with Crippen LogP contribution < -0.4 is 4.74 Å². The lowest BCUT2D eigenvalue weighted by molar-refractivity contribution is 0.191. The highest BCUT2D eigenvalue weighted by Crippen LogP contribution is 2.25. The van der Waals surface area contributed by atoms with Crippen molar-refractivity contribution in [2.24, 2.45) is 0 Å². The van der Waals surface area contributed by atoms with Crippen LogP contribution in [0.2, 0.25) is 5.15 Å². The first kappa shape index (κ1) is 15.0. The number of unbranched alkanes of at least 4 members (excludes halogenated alkanes) is 3. The maximum Gasteiger partial charge on any atom is 0.256 e. The highest BCUT2D eigenvalue weighted by atomic mass is 35.5. The Balaban J connectivity index is 2.08. The van der Waals surface area contributed by atoms with Crippen molar-refractivity contribution in [2.45, 2.75) is 59.0 Å². The van der Waals surface area contributed by atoms with Gasteiger partial charge in [0.1, 0.15) is 11.5 Å². The van der Waals surface area contributed by atoms with Gasteiger partial charge in [-0.3, -0.25) is 0 Å². The lowest BCUT2D eigenvalue weighted by Gasteiger charge is -2.17. The Morgan fingerprint density at radius 1 is 1.35 bits per heavy atom. The van der Waals surface area contributed by atoms with Crippen molar-refractivity contribution in [1.82, 2.24) is 19.6 Å². The van der Waals surface area contributed by atoms with Crippen LogP contribution in [0.4, 0.5) is 0 Å². The van der Waals surface area contributed by atoms with Gasteiger partial charge in [0.15, 0.2) is 0 Å². The fraction of sp³-hybridized carbons (Fsp3) is 0.643. The number of halogens is 1. The predicted molar refractivity (Wildman–Crippen MR) is 79.4 cm³/mol. The molecule has 0 N–H and O–H groups in total. The topological polar surface area (TPSA) is 52.3 Å². The quantitative estimate of drug-likeness (QED) is 0.575. The van der Waals surface area contributed by atoms with E-state index >= 15 is 0 Å². The van der Waals surface area contributed by atoms with Gasteiger partial charge in [0, 0.05) is 5.56 Å². The highest BCUT2D eigenvalue weighted by molar-refractivity contribution is 6.30. The molecule has 2 heterocycles. The molecule has 20 heavy (non-hydrogen) atoms. The van der Waals surface area contributed by atoms with Gasteiger partial charge in [0.05, 0.1) is 6.10 Å². The third-order valence-corrected chi connectivity index (χ3v) is 3.70. The zero-order valence-electron chi connectivity index (χ0n) is 12.3. The van der Waals surface area contributed by atoms with Gasteiger partial charge in [0.25, 0.3) is 5.78 Å². The first-order valence-electron chi connectivity index (χ1n) is 7.16. The number of ether oxygens (including phenoxy) is 1. The number of fused-ring (bicyclic) bond motifs is 1. The standard InChI is InChI=1S/C14H21ClN4O/c1-4-5-6-7-8-10(2)20-13-11(3)12(15)18-14-16-9-17-19(13)14/h9-10H,4-8H2,1-3H3. The molecule has 0 aliphatic rings. The fourth-order valence-electron chi connectivity index (χ4n) is 2.12. The Kier molecular flexibility index (Phi) is 5.17. The molecule has 0 radical (unpaired) electrons. The van der Waals surface area contributed by atoms with Crippen molar-refractivity contribution >= 4 is 17.4 Å². The summed E-state index contributed by atoms with van der Waals surface area (Å²) in [6.45, 7) is 6.17. The van der Waals surface area contributed by atoms with Gasteiger partial charge >= 0.3 is 0 Å².